The van der Waals surface area contributed by atoms with Crippen LogP contribution in [0.2, 0.25) is 0 Å². The zero-order chi connectivity index (χ0) is 14.8. The molecular formula is C16H22N4. The molecule has 0 saturated heterocycles. The molecule has 106 valence electrons. The lowest BCUT2D eigenvalue weighted by atomic mass is 9.72. The highest BCUT2D eigenvalue weighted by atomic mass is 15.3. The second-order valence-corrected chi connectivity index (χ2v) is 7.07. The van der Waals surface area contributed by atoms with E-state index in [1.807, 2.05) is 12.1 Å². The molecule has 2 rings (SSSR count). The molecule has 4 heteroatoms. The maximum atomic E-state index is 3.98. The van der Waals surface area contributed by atoms with Crippen LogP contribution in [-0.4, -0.2) is 20.4 Å². The van der Waals surface area contributed by atoms with Crippen molar-refractivity contribution in [3.63, 3.8) is 0 Å². The Bertz CT molecular complexity index is 553. The van der Waals surface area contributed by atoms with Gasteiger partial charge >= 0.3 is 0 Å². The van der Waals surface area contributed by atoms with Gasteiger partial charge in [0.15, 0.2) is 6.33 Å². The molecule has 0 radical (unpaired) electrons. The van der Waals surface area contributed by atoms with Gasteiger partial charge < -0.3 is 0 Å². The maximum absolute atomic E-state index is 3.98. The van der Waals surface area contributed by atoms with E-state index >= 15 is 0 Å². The van der Waals surface area contributed by atoms with E-state index in [1.54, 1.807) is 0 Å². The number of aromatic nitrogens is 4. The molecule has 0 amide bonds. The summed E-state index contributed by atoms with van der Waals surface area (Å²) in [7, 11) is 0. The van der Waals surface area contributed by atoms with Crippen molar-refractivity contribution in [2.75, 3.05) is 0 Å². The fourth-order valence-electron chi connectivity index (χ4n) is 2.82. The smallest absolute Gasteiger partial charge is 0.135 e. The Labute approximate surface area is 120 Å². The van der Waals surface area contributed by atoms with Crippen LogP contribution in [0.3, 0.4) is 0 Å². The molecule has 0 spiro atoms. The van der Waals surface area contributed by atoms with Crippen LogP contribution < -0.4 is 0 Å². The Balaban J connectivity index is 2.24. The van der Waals surface area contributed by atoms with Gasteiger partial charge in [0, 0.05) is 5.56 Å². The van der Waals surface area contributed by atoms with Gasteiger partial charge in [0.1, 0.15) is 0 Å². The summed E-state index contributed by atoms with van der Waals surface area (Å²) in [6.45, 7) is 11.4. The van der Waals surface area contributed by atoms with Crippen molar-refractivity contribution in [3.8, 4) is 11.4 Å². The molecule has 0 bridgehead atoms. The topological polar surface area (TPSA) is 51.6 Å². The first-order valence-electron chi connectivity index (χ1n) is 6.89. The van der Waals surface area contributed by atoms with Crippen molar-refractivity contribution >= 4 is 0 Å². The first kappa shape index (κ1) is 14.6. The lowest BCUT2D eigenvalue weighted by Gasteiger charge is -2.33. The van der Waals surface area contributed by atoms with E-state index in [2.05, 4.69) is 67.1 Å². The highest BCUT2D eigenvalue weighted by Gasteiger charge is 2.27. The standard InChI is InChI=1S/C16H22N4/c1-15(2,3)10-16(4,5)13-8-6-12(7-9-13)14-19-17-11-18-20-14/h6-9,11H,10H2,1-5H3. The number of rotatable bonds is 3. The third-order valence-electron chi connectivity index (χ3n) is 3.31. The van der Waals surface area contributed by atoms with Gasteiger partial charge in [-0.25, -0.2) is 0 Å². The maximum Gasteiger partial charge on any atom is 0.203 e. The van der Waals surface area contributed by atoms with Crippen molar-refractivity contribution in [3.05, 3.63) is 36.2 Å². The molecule has 0 atom stereocenters. The largest absolute Gasteiger partial charge is 0.203 e. The summed E-state index contributed by atoms with van der Waals surface area (Å²) in [5.74, 6) is 0.563. The van der Waals surface area contributed by atoms with Crippen molar-refractivity contribution in [2.45, 2.75) is 46.5 Å². The summed E-state index contributed by atoms with van der Waals surface area (Å²) in [5, 5.41) is 15.5. The Morgan fingerprint density at radius 2 is 1.40 bits per heavy atom. The van der Waals surface area contributed by atoms with Crippen molar-refractivity contribution < 1.29 is 0 Å². The van der Waals surface area contributed by atoms with E-state index in [0.29, 0.717) is 11.2 Å². The van der Waals surface area contributed by atoms with E-state index in [0.717, 1.165) is 12.0 Å². The predicted octanol–water partition coefficient (Wildman–Crippen LogP) is 3.65. The van der Waals surface area contributed by atoms with Crippen LogP contribution in [0.1, 0.15) is 46.6 Å². The Morgan fingerprint density at radius 1 is 0.850 bits per heavy atom. The van der Waals surface area contributed by atoms with Gasteiger partial charge in [0.05, 0.1) is 0 Å². The summed E-state index contributed by atoms with van der Waals surface area (Å²) in [5.41, 5.74) is 2.72. The second-order valence-electron chi connectivity index (χ2n) is 7.07. The Kier molecular flexibility index (Phi) is 3.84. The molecule has 4 nitrogen and oxygen atoms in total. The van der Waals surface area contributed by atoms with Crippen LogP contribution in [0.25, 0.3) is 11.4 Å². The van der Waals surface area contributed by atoms with Gasteiger partial charge in [-0.1, -0.05) is 58.9 Å². The summed E-state index contributed by atoms with van der Waals surface area (Å²) in [6.07, 6.45) is 2.47. The molecule has 1 aromatic heterocycles. The lowest BCUT2D eigenvalue weighted by Crippen LogP contribution is -2.24. The molecule has 0 aliphatic heterocycles. The van der Waals surface area contributed by atoms with Gasteiger partial charge in [-0.3, -0.25) is 0 Å². The van der Waals surface area contributed by atoms with E-state index in [4.69, 9.17) is 0 Å². The Hall–Kier alpha value is -1.84. The number of benzene rings is 1. The van der Waals surface area contributed by atoms with Crippen LogP contribution in [0, 0.1) is 5.41 Å². The van der Waals surface area contributed by atoms with Crippen LogP contribution in [0.5, 0.6) is 0 Å². The third-order valence-corrected chi connectivity index (χ3v) is 3.31. The first-order valence-corrected chi connectivity index (χ1v) is 6.89. The molecule has 0 fully saturated rings. The minimum absolute atomic E-state index is 0.144. The zero-order valence-corrected chi connectivity index (χ0v) is 12.9. The molecule has 0 N–H and O–H groups in total. The average Bonchev–Trinajstić information content (AvgIpc) is 2.37. The number of hydrogen-bond donors (Lipinski definition) is 0. The fraction of sp³-hybridized carbons (Fsp3) is 0.500. The van der Waals surface area contributed by atoms with Crippen LogP contribution >= 0.6 is 0 Å². The van der Waals surface area contributed by atoms with Gasteiger partial charge in [0.25, 0.3) is 0 Å². The van der Waals surface area contributed by atoms with Crippen LogP contribution in [-0.2, 0) is 5.41 Å². The summed E-state index contributed by atoms with van der Waals surface area (Å²) in [6, 6.07) is 8.38. The van der Waals surface area contributed by atoms with Gasteiger partial charge in [-0.15, -0.1) is 20.4 Å². The Morgan fingerprint density at radius 3 is 1.90 bits per heavy atom. The molecule has 0 aliphatic rings. The van der Waals surface area contributed by atoms with Gasteiger partial charge in [-0.05, 0) is 22.8 Å². The first-order chi connectivity index (χ1) is 9.28. The van der Waals surface area contributed by atoms with Gasteiger partial charge in [0.2, 0.25) is 5.82 Å². The zero-order valence-electron chi connectivity index (χ0n) is 12.9. The fourth-order valence-corrected chi connectivity index (χ4v) is 2.82. The highest BCUT2D eigenvalue weighted by molar-refractivity contribution is 5.54. The third kappa shape index (κ3) is 3.59. The predicted molar refractivity (Wildman–Crippen MR) is 80.2 cm³/mol. The molecule has 1 aromatic carbocycles. The van der Waals surface area contributed by atoms with E-state index < -0.39 is 0 Å². The molecule has 20 heavy (non-hydrogen) atoms. The molecule has 0 unspecified atom stereocenters. The van der Waals surface area contributed by atoms with Crippen molar-refractivity contribution in [1.82, 2.24) is 20.4 Å². The van der Waals surface area contributed by atoms with Crippen molar-refractivity contribution in [2.24, 2.45) is 5.41 Å². The highest BCUT2D eigenvalue weighted by Crippen LogP contribution is 2.36. The monoisotopic (exact) mass is 270 g/mol. The van der Waals surface area contributed by atoms with Crippen molar-refractivity contribution in [1.29, 1.82) is 0 Å². The van der Waals surface area contributed by atoms with Crippen LogP contribution in [0.4, 0.5) is 0 Å². The number of hydrogen-bond acceptors (Lipinski definition) is 4. The van der Waals surface area contributed by atoms with E-state index in [1.165, 1.54) is 11.9 Å². The lowest BCUT2D eigenvalue weighted by molar-refractivity contribution is 0.284. The molecule has 0 aliphatic carbocycles. The second kappa shape index (κ2) is 5.27. The molecular weight excluding hydrogens is 248 g/mol. The minimum Gasteiger partial charge on any atom is -0.135 e. The minimum atomic E-state index is 0.144. The summed E-state index contributed by atoms with van der Waals surface area (Å²) in [4.78, 5) is 0. The number of nitrogens with zero attached hydrogens (tertiary/aromatic N) is 4. The van der Waals surface area contributed by atoms with E-state index in [-0.39, 0.29) is 5.41 Å². The molecule has 2 aromatic rings. The van der Waals surface area contributed by atoms with Crippen LogP contribution in [0.15, 0.2) is 30.6 Å². The quantitative estimate of drug-likeness (QED) is 0.854. The summed E-state index contributed by atoms with van der Waals surface area (Å²) >= 11 is 0. The molecule has 1 heterocycles. The van der Waals surface area contributed by atoms with E-state index in [9.17, 15) is 0 Å². The normalized spacial score (nSPS) is 12.4. The SMILES string of the molecule is CC(C)(C)CC(C)(C)c1ccc(-c2nncnn2)cc1. The average molecular weight is 270 g/mol. The summed E-state index contributed by atoms with van der Waals surface area (Å²) < 4.78 is 0. The van der Waals surface area contributed by atoms with Gasteiger partial charge in [-0.2, -0.15) is 0 Å². The molecule has 0 saturated carbocycles.